The van der Waals surface area contributed by atoms with Crippen LogP contribution in [0.15, 0.2) is 72.8 Å². The number of nitrogens with one attached hydrogen (secondary N) is 1. The second kappa shape index (κ2) is 10.6. The molecular weight excluding hydrogens is 464 g/mol. The summed E-state index contributed by atoms with van der Waals surface area (Å²) in [7, 11) is 0. The Morgan fingerprint density at radius 3 is 2.38 bits per heavy atom. The highest BCUT2D eigenvalue weighted by Gasteiger charge is 2.20. The zero-order chi connectivity index (χ0) is 23.3. The lowest BCUT2D eigenvalue weighted by molar-refractivity contribution is -0.115. The Morgan fingerprint density at radius 1 is 0.912 bits per heavy atom. The number of carbonyl (C=O) groups is 1. The molecule has 0 radical (unpaired) electrons. The molecule has 7 heteroatoms. The molecule has 1 saturated heterocycles. The Hall–Kier alpha value is -2.93. The molecule has 4 aromatic rings. The average Bonchev–Trinajstić information content (AvgIpc) is 3.30. The predicted molar refractivity (Wildman–Crippen MR) is 142 cm³/mol. The van der Waals surface area contributed by atoms with Gasteiger partial charge in [0.15, 0.2) is 0 Å². The molecule has 3 aromatic carbocycles. The Labute approximate surface area is 209 Å². The summed E-state index contributed by atoms with van der Waals surface area (Å²) < 4.78 is 5.96. The van der Waals surface area contributed by atoms with Crippen LogP contribution in [0.3, 0.4) is 0 Å². The zero-order valence-corrected chi connectivity index (χ0v) is 20.5. The smallest absolute Gasteiger partial charge is 0.228 e. The predicted octanol–water partition coefficient (Wildman–Crippen LogP) is 5.50. The van der Waals surface area contributed by atoms with Crippen LogP contribution in [-0.2, 0) is 17.6 Å². The van der Waals surface area contributed by atoms with Gasteiger partial charge >= 0.3 is 0 Å². The van der Waals surface area contributed by atoms with Crippen molar-refractivity contribution in [2.24, 2.45) is 0 Å². The normalized spacial score (nSPS) is 14.4. The lowest BCUT2D eigenvalue weighted by atomic mass is 10.1. The molecule has 0 aliphatic carbocycles. The number of hydrogen-bond donors (Lipinski definition) is 1. The van der Waals surface area contributed by atoms with Gasteiger partial charge < -0.3 is 10.2 Å². The van der Waals surface area contributed by atoms with Crippen molar-refractivity contribution in [1.82, 2.24) is 9.27 Å². The minimum Gasteiger partial charge on any atom is -0.353 e. The lowest BCUT2D eigenvalue weighted by Crippen LogP contribution is -2.47. The van der Waals surface area contributed by atoms with Gasteiger partial charge in [-0.05, 0) is 65.5 Å². The first-order chi connectivity index (χ1) is 16.6. The summed E-state index contributed by atoms with van der Waals surface area (Å²) in [6, 6.07) is 24.0. The number of piperazine rings is 1. The molecule has 1 N–H and O–H groups in total. The fraction of sp³-hybridized carbons (Fsp3) is 0.259. The van der Waals surface area contributed by atoms with Gasteiger partial charge in [0.05, 0.1) is 11.1 Å². The van der Waals surface area contributed by atoms with Crippen LogP contribution < -0.4 is 10.2 Å². The summed E-state index contributed by atoms with van der Waals surface area (Å²) in [6.07, 6.45) is 1.33. The highest BCUT2D eigenvalue weighted by Crippen LogP contribution is 2.29. The third-order valence-electron chi connectivity index (χ3n) is 6.26. The van der Waals surface area contributed by atoms with Gasteiger partial charge in [-0.2, -0.15) is 4.37 Å². The van der Waals surface area contributed by atoms with Crippen LogP contribution in [0.2, 0.25) is 5.02 Å². The molecule has 0 spiro atoms. The Kier molecular flexibility index (Phi) is 7.09. The fourth-order valence-electron chi connectivity index (χ4n) is 4.32. The van der Waals surface area contributed by atoms with Gasteiger partial charge in [-0.1, -0.05) is 48.0 Å². The van der Waals surface area contributed by atoms with Crippen molar-refractivity contribution < 1.29 is 4.79 Å². The molecule has 0 saturated carbocycles. The molecule has 1 fully saturated rings. The topological polar surface area (TPSA) is 48.5 Å². The largest absolute Gasteiger partial charge is 0.353 e. The zero-order valence-electron chi connectivity index (χ0n) is 18.9. The highest BCUT2D eigenvalue weighted by molar-refractivity contribution is 7.13. The maximum absolute atomic E-state index is 12.3. The Balaban J connectivity index is 1.07. The molecule has 5 nitrogen and oxygen atoms in total. The number of hydrogen-bond acceptors (Lipinski definition) is 5. The molecular formula is C27H27ClN4OS. The van der Waals surface area contributed by atoms with Crippen LogP contribution in [0.4, 0.5) is 11.5 Å². The van der Waals surface area contributed by atoms with Crippen LogP contribution in [0, 0.1) is 0 Å². The Bertz CT molecular complexity index is 1250. The van der Waals surface area contributed by atoms with Gasteiger partial charge in [0.25, 0.3) is 0 Å². The SMILES string of the molecule is O=C(Cc1ccc(Cl)cc1)Nc1ccc(CCN2CCN(c3nsc4ccccc34)CC2)cc1. The van der Waals surface area contributed by atoms with Crippen molar-refractivity contribution in [3.05, 3.63) is 88.9 Å². The van der Waals surface area contributed by atoms with Crippen molar-refractivity contribution in [3.63, 3.8) is 0 Å². The lowest BCUT2D eigenvalue weighted by Gasteiger charge is -2.35. The van der Waals surface area contributed by atoms with E-state index in [2.05, 4.69) is 51.5 Å². The highest BCUT2D eigenvalue weighted by atomic mass is 35.5. The molecule has 5 rings (SSSR count). The van der Waals surface area contributed by atoms with Gasteiger partial charge in [0.1, 0.15) is 5.82 Å². The van der Waals surface area contributed by atoms with Crippen molar-refractivity contribution in [2.75, 3.05) is 42.9 Å². The van der Waals surface area contributed by atoms with E-state index in [0.717, 1.165) is 56.2 Å². The van der Waals surface area contributed by atoms with Crippen molar-refractivity contribution in [1.29, 1.82) is 0 Å². The molecule has 1 aliphatic rings. The monoisotopic (exact) mass is 490 g/mol. The van der Waals surface area contributed by atoms with Crippen LogP contribution >= 0.6 is 23.1 Å². The van der Waals surface area contributed by atoms with E-state index in [1.165, 1.54) is 15.6 Å². The fourth-order valence-corrected chi connectivity index (χ4v) is 5.24. The van der Waals surface area contributed by atoms with Gasteiger partial charge in [0.2, 0.25) is 5.91 Å². The van der Waals surface area contributed by atoms with Crippen LogP contribution in [0.5, 0.6) is 0 Å². The molecule has 1 aromatic heterocycles. The van der Waals surface area contributed by atoms with E-state index in [1.807, 2.05) is 24.3 Å². The standard InChI is InChI=1S/C27H27ClN4OS/c28-22-9-5-21(6-10-22)19-26(33)29-23-11-7-20(8-12-23)13-14-31-15-17-32(18-16-31)27-24-3-1-2-4-25(24)34-30-27/h1-12H,13-19H2,(H,29,33). The number of nitrogens with zero attached hydrogens (tertiary/aromatic N) is 3. The molecule has 0 bridgehead atoms. The molecule has 0 unspecified atom stereocenters. The van der Waals surface area contributed by atoms with E-state index in [4.69, 9.17) is 16.0 Å². The van der Waals surface area contributed by atoms with Crippen LogP contribution in [-0.4, -0.2) is 47.9 Å². The molecule has 0 atom stereocenters. The first-order valence-electron chi connectivity index (χ1n) is 11.6. The van der Waals surface area contributed by atoms with E-state index < -0.39 is 0 Å². The van der Waals surface area contributed by atoms with Crippen molar-refractivity contribution in [2.45, 2.75) is 12.8 Å². The first-order valence-corrected chi connectivity index (χ1v) is 12.7. The van der Waals surface area contributed by atoms with E-state index in [-0.39, 0.29) is 5.91 Å². The maximum Gasteiger partial charge on any atom is 0.228 e. The number of anilines is 2. The molecule has 34 heavy (non-hydrogen) atoms. The molecule has 1 amide bonds. The summed E-state index contributed by atoms with van der Waals surface area (Å²) in [4.78, 5) is 17.2. The van der Waals surface area contributed by atoms with E-state index in [9.17, 15) is 4.79 Å². The number of rotatable bonds is 7. The van der Waals surface area contributed by atoms with Crippen molar-refractivity contribution in [3.8, 4) is 0 Å². The third kappa shape index (κ3) is 5.58. The number of halogens is 1. The average molecular weight is 491 g/mol. The van der Waals surface area contributed by atoms with Gasteiger partial charge in [-0.15, -0.1) is 0 Å². The summed E-state index contributed by atoms with van der Waals surface area (Å²) in [6.45, 7) is 5.14. The number of amides is 1. The van der Waals surface area contributed by atoms with Gasteiger partial charge in [-0.25, -0.2) is 0 Å². The number of benzene rings is 3. The summed E-state index contributed by atoms with van der Waals surface area (Å²) in [5, 5.41) is 4.92. The molecule has 1 aliphatic heterocycles. The van der Waals surface area contributed by atoms with E-state index in [0.29, 0.717) is 11.4 Å². The first kappa shape index (κ1) is 22.8. The van der Waals surface area contributed by atoms with Gasteiger partial charge in [0, 0.05) is 48.8 Å². The molecule has 174 valence electrons. The summed E-state index contributed by atoms with van der Waals surface area (Å²) in [5.41, 5.74) is 3.05. The van der Waals surface area contributed by atoms with Gasteiger partial charge in [-0.3, -0.25) is 9.69 Å². The summed E-state index contributed by atoms with van der Waals surface area (Å²) >= 11 is 7.49. The minimum absolute atomic E-state index is 0.0270. The minimum atomic E-state index is -0.0270. The van der Waals surface area contributed by atoms with E-state index in [1.54, 1.807) is 23.7 Å². The van der Waals surface area contributed by atoms with Crippen LogP contribution in [0.1, 0.15) is 11.1 Å². The second-order valence-corrected chi connectivity index (χ2v) is 9.87. The third-order valence-corrected chi connectivity index (χ3v) is 7.33. The number of aromatic nitrogens is 1. The van der Waals surface area contributed by atoms with Crippen LogP contribution in [0.25, 0.3) is 10.1 Å². The van der Waals surface area contributed by atoms with E-state index >= 15 is 0 Å². The number of carbonyl (C=O) groups excluding carboxylic acids is 1. The Morgan fingerprint density at radius 2 is 1.62 bits per heavy atom. The van der Waals surface area contributed by atoms with Crippen molar-refractivity contribution >= 4 is 50.6 Å². The quantitative estimate of drug-likeness (QED) is 0.372. The molecule has 2 heterocycles. The number of fused-ring (bicyclic) bond motifs is 1. The summed E-state index contributed by atoms with van der Waals surface area (Å²) in [5.74, 6) is 1.11. The maximum atomic E-state index is 12.3. The second-order valence-electron chi connectivity index (χ2n) is 8.63.